The molecule has 0 amide bonds. The highest BCUT2D eigenvalue weighted by Crippen LogP contribution is 2.41. The van der Waals surface area contributed by atoms with Gasteiger partial charge in [-0.1, -0.05) is 36.4 Å². The Kier molecular flexibility index (Phi) is 6.03. The Hall–Kier alpha value is -3.93. The number of anilines is 1. The fourth-order valence-corrected chi connectivity index (χ4v) is 4.07. The summed E-state index contributed by atoms with van der Waals surface area (Å²) < 4.78 is 16.2. The topological polar surface area (TPSA) is 86.6 Å². The van der Waals surface area contributed by atoms with Gasteiger partial charge in [-0.15, -0.1) is 0 Å². The first-order chi connectivity index (χ1) is 15.6. The molecule has 3 aromatic carbocycles. The number of nitrogens with two attached hydrogens (primary N) is 1. The van der Waals surface area contributed by atoms with E-state index in [0.717, 1.165) is 33.6 Å². The van der Waals surface area contributed by atoms with Gasteiger partial charge < -0.3 is 24.9 Å². The second-order valence-corrected chi connectivity index (χ2v) is 7.39. The van der Waals surface area contributed by atoms with Crippen LogP contribution in [0.5, 0.6) is 11.5 Å². The number of carbonyl (C=O) groups is 1. The Morgan fingerprint density at radius 3 is 2.34 bits per heavy atom. The van der Waals surface area contributed by atoms with Gasteiger partial charge in [0.15, 0.2) is 0 Å². The zero-order chi connectivity index (χ0) is 22.7. The predicted molar refractivity (Wildman–Crippen MR) is 126 cm³/mol. The summed E-state index contributed by atoms with van der Waals surface area (Å²) >= 11 is 0. The number of carbonyl (C=O) groups excluding carboxylic acids is 1. The molecule has 164 valence electrons. The quantitative estimate of drug-likeness (QED) is 0.314. The van der Waals surface area contributed by atoms with Gasteiger partial charge in [-0.2, -0.15) is 0 Å². The van der Waals surface area contributed by atoms with Crippen LogP contribution in [-0.4, -0.2) is 31.8 Å². The van der Waals surface area contributed by atoms with Crippen molar-refractivity contribution in [2.24, 2.45) is 0 Å². The summed E-state index contributed by atoms with van der Waals surface area (Å²) in [4.78, 5) is 16.2. The van der Waals surface area contributed by atoms with Crippen molar-refractivity contribution in [1.29, 1.82) is 0 Å². The molecular formula is C26H26N2O4. The first-order valence-corrected chi connectivity index (χ1v) is 10.4. The summed E-state index contributed by atoms with van der Waals surface area (Å²) in [6.45, 7) is 2.06. The van der Waals surface area contributed by atoms with Gasteiger partial charge in [0.1, 0.15) is 17.2 Å². The largest absolute Gasteiger partial charge is 0.497 e. The van der Waals surface area contributed by atoms with Crippen LogP contribution in [0.25, 0.3) is 10.9 Å². The highest BCUT2D eigenvalue weighted by Gasteiger charge is 2.29. The van der Waals surface area contributed by atoms with E-state index in [9.17, 15) is 4.79 Å². The van der Waals surface area contributed by atoms with E-state index >= 15 is 0 Å². The molecule has 0 aliphatic heterocycles. The number of H-pyrrole nitrogens is 1. The third kappa shape index (κ3) is 3.87. The SMILES string of the molecule is CCOC(=O)c1[nH]c2c(N)cccc2c1C(c1ccc(OC)cc1)c1cccc(OC)c1. The minimum absolute atomic E-state index is 0.272. The van der Waals surface area contributed by atoms with Gasteiger partial charge in [0.05, 0.1) is 32.0 Å². The maximum absolute atomic E-state index is 13.0. The van der Waals surface area contributed by atoms with Gasteiger partial charge in [-0.25, -0.2) is 4.79 Å². The summed E-state index contributed by atoms with van der Waals surface area (Å²) in [6, 6.07) is 21.3. The van der Waals surface area contributed by atoms with Crippen molar-refractivity contribution in [3.05, 3.63) is 89.1 Å². The Labute approximate surface area is 186 Å². The van der Waals surface area contributed by atoms with Crippen molar-refractivity contribution in [2.45, 2.75) is 12.8 Å². The second-order valence-electron chi connectivity index (χ2n) is 7.39. The molecule has 1 heterocycles. The van der Waals surface area contributed by atoms with Crippen molar-refractivity contribution in [3.63, 3.8) is 0 Å². The zero-order valence-corrected chi connectivity index (χ0v) is 18.3. The van der Waals surface area contributed by atoms with Crippen LogP contribution < -0.4 is 15.2 Å². The first kappa shape index (κ1) is 21.3. The minimum Gasteiger partial charge on any atom is -0.497 e. The van der Waals surface area contributed by atoms with E-state index in [1.54, 1.807) is 21.1 Å². The number of methoxy groups -OCH3 is 2. The summed E-state index contributed by atoms with van der Waals surface area (Å²) in [5, 5.41) is 0.872. The minimum atomic E-state index is -0.417. The number of nitrogens with one attached hydrogen (secondary N) is 1. The van der Waals surface area contributed by atoms with E-state index in [1.807, 2.05) is 66.7 Å². The van der Waals surface area contributed by atoms with Crippen LogP contribution >= 0.6 is 0 Å². The Morgan fingerprint density at radius 1 is 0.938 bits per heavy atom. The molecule has 0 aliphatic carbocycles. The molecule has 6 heteroatoms. The number of aromatic amines is 1. The van der Waals surface area contributed by atoms with Crippen molar-refractivity contribution in [2.75, 3.05) is 26.6 Å². The van der Waals surface area contributed by atoms with Crippen LogP contribution in [0, 0.1) is 0 Å². The Bertz CT molecular complexity index is 1240. The van der Waals surface area contributed by atoms with Crippen LogP contribution in [0.3, 0.4) is 0 Å². The van der Waals surface area contributed by atoms with Gasteiger partial charge in [0.2, 0.25) is 0 Å². The number of rotatable bonds is 7. The first-order valence-electron chi connectivity index (χ1n) is 10.4. The second kappa shape index (κ2) is 9.06. The van der Waals surface area contributed by atoms with E-state index in [1.165, 1.54) is 0 Å². The van der Waals surface area contributed by atoms with E-state index < -0.39 is 5.97 Å². The monoisotopic (exact) mass is 430 g/mol. The molecule has 3 N–H and O–H groups in total. The highest BCUT2D eigenvalue weighted by molar-refractivity contribution is 6.03. The number of nitrogen functional groups attached to an aromatic ring is 1. The van der Waals surface area contributed by atoms with Crippen LogP contribution in [0.1, 0.15) is 40.0 Å². The lowest BCUT2D eigenvalue weighted by Gasteiger charge is -2.20. The zero-order valence-electron chi connectivity index (χ0n) is 18.3. The van der Waals surface area contributed by atoms with E-state index in [4.69, 9.17) is 19.9 Å². The average Bonchev–Trinajstić information content (AvgIpc) is 3.21. The van der Waals surface area contributed by atoms with Crippen molar-refractivity contribution < 1.29 is 19.0 Å². The molecular weight excluding hydrogens is 404 g/mol. The third-order valence-corrected chi connectivity index (χ3v) is 5.55. The maximum atomic E-state index is 13.0. The lowest BCUT2D eigenvalue weighted by molar-refractivity contribution is 0.0519. The lowest BCUT2D eigenvalue weighted by Crippen LogP contribution is -2.12. The predicted octanol–water partition coefficient (Wildman–Crippen LogP) is 5.12. The molecule has 4 aromatic rings. The lowest BCUT2D eigenvalue weighted by atomic mass is 9.83. The van der Waals surface area contributed by atoms with Gasteiger partial charge in [0.25, 0.3) is 0 Å². The van der Waals surface area contributed by atoms with Crippen molar-refractivity contribution in [1.82, 2.24) is 4.98 Å². The number of aromatic nitrogens is 1. The molecule has 1 aromatic heterocycles. The number of hydrogen-bond donors (Lipinski definition) is 2. The van der Waals surface area contributed by atoms with Crippen molar-refractivity contribution >= 4 is 22.6 Å². The Balaban J connectivity index is 2.03. The Morgan fingerprint density at radius 2 is 1.66 bits per heavy atom. The number of benzene rings is 3. The normalized spacial score (nSPS) is 11.8. The number of ether oxygens (including phenoxy) is 3. The summed E-state index contributed by atoms with van der Waals surface area (Å²) in [5.74, 6) is 0.801. The van der Waals surface area contributed by atoms with Gasteiger partial charge in [0, 0.05) is 16.9 Å². The molecule has 0 spiro atoms. The number of esters is 1. The summed E-state index contributed by atoms with van der Waals surface area (Å²) in [6.07, 6.45) is 0. The molecule has 0 saturated heterocycles. The van der Waals surface area contributed by atoms with Crippen LogP contribution in [0.15, 0.2) is 66.7 Å². The standard InChI is InChI=1S/C26H26N2O4/c1-4-32-26(29)25-23(20-9-6-10-21(27)24(20)28-25)22(16-11-13-18(30-2)14-12-16)17-7-5-8-19(15-17)31-3/h5-15,22,28H,4,27H2,1-3H3. The summed E-state index contributed by atoms with van der Waals surface area (Å²) in [5.41, 5.74) is 10.7. The molecule has 6 nitrogen and oxygen atoms in total. The average molecular weight is 431 g/mol. The van der Waals surface area contributed by atoms with E-state index in [2.05, 4.69) is 4.98 Å². The molecule has 0 bridgehead atoms. The molecule has 0 radical (unpaired) electrons. The van der Waals surface area contributed by atoms with Crippen LogP contribution in [-0.2, 0) is 4.74 Å². The van der Waals surface area contributed by atoms with Crippen molar-refractivity contribution in [3.8, 4) is 11.5 Å². The smallest absolute Gasteiger partial charge is 0.355 e. The molecule has 0 saturated carbocycles. The molecule has 0 fully saturated rings. The third-order valence-electron chi connectivity index (χ3n) is 5.55. The fourth-order valence-electron chi connectivity index (χ4n) is 4.07. The van der Waals surface area contributed by atoms with Gasteiger partial charge in [-0.05, 0) is 48.4 Å². The van der Waals surface area contributed by atoms with Crippen LogP contribution in [0.2, 0.25) is 0 Å². The molecule has 32 heavy (non-hydrogen) atoms. The molecule has 0 aliphatic rings. The molecule has 1 unspecified atom stereocenters. The van der Waals surface area contributed by atoms with E-state index in [0.29, 0.717) is 16.9 Å². The van der Waals surface area contributed by atoms with Gasteiger partial charge >= 0.3 is 5.97 Å². The van der Waals surface area contributed by atoms with E-state index in [-0.39, 0.29) is 12.5 Å². The molecule has 1 atom stereocenters. The summed E-state index contributed by atoms with van der Waals surface area (Å²) in [7, 11) is 3.27. The fraction of sp³-hybridized carbons (Fsp3) is 0.192. The number of fused-ring (bicyclic) bond motifs is 1. The van der Waals surface area contributed by atoms with Crippen LogP contribution in [0.4, 0.5) is 5.69 Å². The highest BCUT2D eigenvalue weighted by atomic mass is 16.5. The maximum Gasteiger partial charge on any atom is 0.355 e. The number of hydrogen-bond acceptors (Lipinski definition) is 5. The molecule has 4 rings (SSSR count). The van der Waals surface area contributed by atoms with Gasteiger partial charge in [-0.3, -0.25) is 0 Å². The number of para-hydroxylation sites is 1.